The van der Waals surface area contributed by atoms with Gasteiger partial charge in [0.05, 0.1) is 4.34 Å². The highest BCUT2D eigenvalue weighted by atomic mass is 35.5. The number of rotatable bonds is 4. The lowest BCUT2D eigenvalue weighted by molar-refractivity contribution is 0.229. The van der Waals surface area contributed by atoms with E-state index in [1.807, 2.05) is 14.0 Å². The van der Waals surface area contributed by atoms with Gasteiger partial charge in [0.25, 0.3) is 10.0 Å². The van der Waals surface area contributed by atoms with Crippen molar-refractivity contribution in [3.63, 3.8) is 0 Å². The maximum atomic E-state index is 12.7. The number of nitrogens with zero attached hydrogens (tertiary/aromatic N) is 1. The highest BCUT2D eigenvalue weighted by Gasteiger charge is 2.33. The average molecular weight is 337 g/mol. The molecule has 1 aliphatic heterocycles. The lowest BCUT2D eigenvalue weighted by atomic mass is 9.93. The normalized spacial score (nSPS) is 22.9. The number of hydrogen-bond donors (Lipinski definition) is 1. The second kappa shape index (κ2) is 6.32. The summed E-state index contributed by atoms with van der Waals surface area (Å²) in [6.45, 7) is 5.12. The monoisotopic (exact) mass is 336 g/mol. The van der Waals surface area contributed by atoms with Crippen LogP contribution in [0.15, 0.2) is 10.3 Å². The number of hydrogen-bond acceptors (Lipinski definition) is 4. The molecule has 0 spiro atoms. The molecular weight excluding hydrogens is 316 g/mol. The zero-order valence-electron chi connectivity index (χ0n) is 12.0. The van der Waals surface area contributed by atoms with Crippen molar-refractivity contribution in [2.24, 2.45) is 5.92 Å². The molecule has 1 fully saturated rings. The summed E-state index contributed by atoms with van der Waals surface area (Å²) in [5.74, 6) is 0.361. The van der Waals surface area contributed by atoms with Crippen molar-refractivity contribution >= 4 is 33.0 Å². The van der Waals surface area contributed by atoms with Crippen molar-refractivity contribution in [3.8, 4) is 0 Å². The summed E-state index contributed by atoms with van der Waals surface area (Å²) < 4.78 is 27.9. The molecule has 114 valence electrons. The minimum Gasteiger partial charge on any atom is -0.317 e. The van der Waals surface area contributed by atoms with Gasteiger partial charge in [-0.3, -0.25) is 0 Å². The Morgan fingerprint density at radius 2 is 2.25 bits per heavy atom. The number of thiophene rings is 1. The van der Waals surface area contributed by atoms with Gasteiger partial charge in [-0.25, -0.2) is 8.42 Å². The van der Waals surface area contributed by atoms with Gasteiger partial charge in [-0.1, -0.05) is 11.6 Å². The Morgan fingerprint density at radius 1 is 1.55 bits per heavy atom. The van der Waals surface area contributed by atoms with Gasteiger partial charge in [0.1, 0.15) is 4.21 Å². The Labute approximate surface area is 130 Å². The third-order valence-electron chi connectivity index (χ3n) is 4.01. The van der Waals surface area contributed by atoms with E-state index < -0.39 is 10.0 Å². The first kappa shape index (κ1) is 16.2. The molecule has 1 saturated heterocycles. The molecule has 2 atom stereocenters. The lowest BCUT2D eigenvalue weighted by Crippen LogP contribution is -2.45. The molecule has 2 unspecified atom stereocenters. The third-order valence-corrected chi connectivity index (χ3v) is 7.88. The summed E-state index contributed by atoms with van der Waals surface area (Å²) in [6.07, 6.45) is 1.98. The summed E-state index contributed by atoms with van der Waals surface area (Å²) in [5, 5.41) is 3.22. The topological polar surface area (TPSA) is 49.4 Å². The van der Waals surface area contributed by atoms with Crippen LogP contribution in [0.2, 0.25) is 4.34 Å². The Balaban J connectivity index is 2.21. The van der Waals surface area contributed by atoms with Crippen molar-refractivity contribution in [1.82, 2.24) is 9.62 Å². The molecule has 4 nitrogen and oxygen atoms in total. The Bertz CT molecular complexity index is 551. The van der Waals surface area contributed by atoms with E-state index >= 15 is 0 Å². The quantitative estimate of drug-likeness (QED) is 0.919. The van der Waals surface area contributed by atoms with Crippen LogP contribution >= 0.6 is 22.9 Å². The first-order valence-electron chi connectivity index (χ1n) is 6.79. The van der Waals surface area contributed by atoms with Crippen LogP contribution in [0.3, 0.4) is 0 Å². The van der Waals surface area contributed by atoms with Gasteiger partial charge in [-0.05, 0) is 51.3 Å². The lowest BCUT2D eigenvalue weighted by Gasteiger charge is -2.34. The van der Waals surface area contributed by atoms with E-state index in [1.54, 1.807) is 10.4 Å². The predicted molar refractivity (Wildman–Crippen MR) is 84.1 cm³/mol. The van der Waals surface area contributed by atoms with Crippen molar-refractivity contribution in [2.75, 3.05) is 20.1 Å². The van der Waals surface area contributed by atoms with E-state index in [9.17, 15) is 8.42 Å². The molecule has 2 heterocycles. The van der Waals surface area contributed by atoms with Crippen molar-refractivity contribution in [3.05, 3.63) is 16.0 Å². The fourth-order valence-electron chi connectivity index (χ4n) is 2.52. The molecule has 0 saturated carbocycles. The fourth-order valence-corrected chi connectivity index (χ4v) is 5.92. The highest BCUT2D eigenvalue weighted by molar-refractivity contribution is 7.91. The largest absolute Gasteiger partial charge is 0.317 e. The standard InChI is InChI=1S/C13H21ClN2O2S2/c1-9-7-12(19-13(9)14)20(17,18)16-6-4-5-11(8-16)10(2)15-3/h7,10-11,15H,4-6,8H2,1-3H3. The highest BCUT2D eigenvalue weighted by Crippen LogP contribution is 2.33. The maximum Gasteiger partial charge on any atom is 0.252 e. The number of nitrogens with one attached hydrogen (secondary N) is 1. The molecule has 2 rings (SSSR count). The summed E-state index contributed by atoms with van der Waals surface area (Å²) in [4.78, 5) is 0. The van der Waals surface area contributed by atoms with Crippen molar-refractivity contribution in [1.29, 1.82) is 0 Å². The first-order valence-corrected chi connectivity index (χ1v) is 9.43. The summed E-state index contributed by atoms with van der Waals surface area (Å²) in [7, 11) is -1.48. The molecule has 20 heavy (non-hydrogen) atoms. The zero-order valence-corrected chi connectivity index (χ0v) is 14.4. The van der Waals surface area contributed by atoms with Gasteiger partial charge < -0.3 is 5.32 Å². The van der Waals surface area contributed by atoms with Gasteiger partial charge in [0.15, 0.2) is 0 Å². The number of aryl methyl sites for hydroxylation is 1. The number of halogens is 1. The number of piperidine rings is 1. The average Bonchev–Trinajstić information content (AvgIpc) is 2.78. The molecule has 0 amide bonds. The maximum absolute atomic E-state index is 12.7. The van der Waals surface area contributed by atoms with Crippen LogP contribution in [0, 0.1) is 12.8 Å². The van der Waals surface area contributed by atoms with E-state index in [0.717, 1.165) is 29.7 Å². The molecule has 0 aromatic carbocycles. The van der Waals surface area contributed by atoms with E-state index in [1.165, 1.54) is 0 Å². The SMILES string of the molecule is CNC(C)C1CCCN(S(=O)(=O)c2cc(C)c(Cl)s2)C1. The molecule has 1 N–H and O–H groups in total. The smallest absolute Gasteiger partial charge is 0.252 e. The first-order chi connectivity index (χ1) is 9.36. The van der Waals surface area contributed by atoms with E-state index in [0.29, 0.717) is 33.6 Å². The van der Waals surface area contributed by atoms with E-state index in [2.05, 4.69) is 12.2 Å². The molecule has 0 radical (unpaired) electrons. The van der Waals surface area contributed by atoms with Crippen LogP contribution in [0.4, 0.5) is 0 Å². The van der Waals surface area contributed by atoms with Gasteiger partial charge in [0, 0.05) is 19.1 Å². The van der Waals surface area contributed by atoms with E-state index in [-0.39, 0.29) is 0 Å². The summed E-state index contributed by atoms with van der Waals surface area (Å²) >= 11 is 7.15. The molecule has 1 aromatic heterocycles. The van der Waals surface area contributed by atoms with Crippen LogP contribution in [0.25, 0.3) is 0 Å². The second-order valence-corrected chi connectivity index (χ2v) is 9.18. The van der Waals surface area contributed by atoms with Crippen LogP contribution in [-0.2, 0) is 10.0 Å². The second-order valence-electron chi connectivity index (χ2n) is 5.36. The van der Waals surface area contributed by atoms with Crippen LogP contribution < -0.4 is 5.32 Å². The molecule has 7 heteroatoms. The van der Waals surface area contributed by atoms with Gasteiger partial charge in [-0.2, -0.15) is 4.31 Å². The van der Waals surface area contributed by atoms with Gasteiger partial charge in [-0.15, -0.1) is 11.3 Å². The molecule has 1 aromatic rings. The van der Waals surface area contributed by atoms with E-state index in [4.69, 9.17) is 11.6 Å². The zero-order chi connectivity index (χ0) is 14.9. The van der Waals surface area contributed by atoms with Gasteiger partial charge in [0.2, 0.25) is 0 Å². The Hall–Kier alpha value is -0.140. The summed E-state index contributed by atoms with van der Waals surface area (Å²) in [6, 6.07) is 2.00. The minimum absolute atomic E-state index is 0.321. The predicted octanol–water partition coefficient (Wildman–Crippen LogP) is 2.72. The molecule has 1 aliphatic rings. The van der Waals surface area contributed by atoms with Crippen molar-refractivity contribution in [2.45, 2.75) is 36.9 Å². The van der Waals surface area contributed by atoms with Crippen LogP contribution in [0.5, 0.6) is 0 Å². The Kier molecular flexibility index (Phi) is 5.13. The molecular formula is C13H21ClN2O2S2. The molecule has 0 bridgehead atoms. The van der Waals surface area contributed by atoms with Crippen LogP contribution in [-0.4, -0.2) is 38.9 Å². The molecule has 0 aliphatic carbocycles. The fraction of sp³-hybridized carbons (Fsp3) is 0.692. The minimum atomic E-state index is -3.40. The van der Waals surface area contributed by atoms with Crippen LogP contribution in [0.1, 0.15) is 25.3 Å². The third kappa shape index (κ3) is 3.20. The van der Waals surface area contributed by atoms with Gasteiger partial charge >= 0.3 is 0 Å². The summed E-state index contributed by atoms with van der Waals surface area (Å²) in [5.41, 5.74) is 0.826. The number of sulfonamides is 1. The van der Waals surface area contributed by atoms with Crippen molar-refractivity contribution < 1.29 is 8.42 Å². The Morgan fingerprint density at radius 3 is 2.80 bits per heavy atom.